The summed E-state index contributed by atoms with van der Waals surface area (Å²) >= 11 is 0. The van der Waals surface area contributed by atoms with Crippen molar-refractivity contribution >= 4 is 0 Å². The van der Waals surface area contributed by atoms with Gasteiger partial charge in [-0.15, -0.1) is 0 Å². The summed E-state index contributed by atoms with van der Waals surface area (Å²) in [6.07, 6.45) is 3.52. The number of H-pyrrole nitrogens is 1. The minimum Gasteiger partial charge on any atom is -0.346 e. The van der Waals surface area contributed by atoms with Gasteiger partial charge in [0.25, 0.3) is 0 Å². The van der Waals surface area contributed by atoms with Gasteiger partial charge in [0.1, 0.15) is 5.82 Å². The van der Waals surface area contributed by atoms with E-state index in [-0.39, 0.29) is 0 Å². The number of aromatic nitrogens is 2. The van der Waals surface area contributed by atoms with Crippen LogP contribution in [-0.2, 0) is 6.42 Å². The van der Waals surface area contributed by atoms with Gasteiger partial charge < -0.3 is 4.98 Å². The molecule has 2 nitrogen and oxygen atoms in total. The van der Waals surface area contributed by atoms with Crippen LogP contribution in [0.15, 0.2) is 0 Å². The van der Waals surface area contributed by atoms with E-state index in [1.165, 1.54) is 24.2 Å². The third-order valence-electron chi connectivity index (χ3n) is 1.59. The van der Waals surface area contributed by atoms with Gasteiger partial charge in [0, 0.05) is 5.69 Å². The predicted octanol–water partition coefficient (Wildman–Crippen LogP) is 3.40. The highest BCUT2D eigenvalue weighted by Crippen LogP contribution is 2.05. The molecule has 0 spiro atoms. The van der Waals surface area contributed by atoms with E-state index in [1.54, 1.807) is 0 Å². The monoisotopic (exact) mass is 182 g/mol. The molecule has 0 amide bonds. The summed E-state index contributed by atoms with van der Waals surface area (Å²) in [4.78, 5) is 7.53. The maximum atomic E-state index is 4.34. The minimum atomic E-state index is 1.03. The zero-order chi connectivity index (χ0) is 10.3. The molecule has 1 aromatic rings. The molecule has 2 heteroatoms. The van der Waals surface area contributed by atoms with E-state index in [0.29, 0.717) is 0 Å². The lowest BCUT2D eigenvalue weighted by molar-refractivity contribution is 0.879. The van der Waals surface area contributed by atoms with Gasteiger partial charge in [-0.2, -0.15) is 0 Å². The van der Waals surface area contributed by atoms with Gasteiger partial charge in [0.15, 0.2) is 0 Å². The molecule has 0 saturated carbocycles. The topological polar surface area (TPSA) is 28.7 Å². The maximum Gasteiger partial charge on any atom is 0.103 e. The summed E-state index contributed by atoms with van der Waals surface area (Å²) in [5.74, 6) is 1.03. The lowest BCUT2D eigenvalue weighted by atomic mass is 10.2. The minimum absolute atomic E-state index is 1.03. The molecule has 1 aromatic heterocycles. The van der Waals surface area contributed by atoms with E-state index >= 15 is 0 Å². The average Bonchev–Trinajstić information content (AvgIpc) is 2.33. The molecule has 0 radical (unpaired) electrons. The van der Waals surface area contributed by atoms with Crippen molar-refractivity contribution in [2.45, 2.75) is 53.9 Å². The average molecular weight is 182 g/mol. The zero-order valence-electron chi connectivity index (χ0n) is 9.57. The van der Waals surface area contributed by atoms with Gasteiger partial charge in [-0.3, -0.25) is 0 Å². The Bertz CT molecular complexity index is 226. The molecular weight excluding hydrogens is 160 g/mol. The van der Waals surface area contributed by atoms with Crippen LogP contribution in [0.2, 0.25) is 0 Å². The Morgan fingerprint density at radius 3 is 2.00 bits per heavy atom. The second-order valence-corrected chi connectivity index (χ2v) is 3.35. The van der Waals surface area contributed by atoms with Crippen molar-refractivity contribution in [3.8, 4) is 0 Å². The molecule has 0 fully saturated rings. The van der Waals surface area contributed by atoms with E-state index < -0.39 is 0 Å². The van der Waals surface area contributed by atoms with Crippen LogP contribution >= 0.6 is 0 Å². The highest BCUT2D eigenvalue weighted by atomic mass is 14.9. The summed E-state index contributed by atoms with van der Waals surface area (Å²) in [5, 5.41) is 0. The number of nitrogens with zero attached hydrogens (tertiary/aromatic N) is 1. The van der Waals surface area contributed by atoms with E-state index in [4.69, 9.17) is 0 Å². The summed E-state index contributed by atoms with van der Waals surface area (Å²) in [5.41, 5.74) is 2.44. The van der Waals surface area contributed by atoms with Crippen molar-refractivity contribution in [1.82, 2.24) is 9.97 Å². The van der Waals surface area contributed by atoms with E-state index in [2.05, 4.69) is 37.7 Å². The lowest BCUT2D eigenvalue weighted by Crippen LogP contribution is -1.85. The Kier molecular flexibility index (Phi) is 6.29. The summed E-state index contributed by atoms with van der Waals surface area (Å²) < 4.78 is 0. The van der Waals surface area contributed by atoms with Gasteiger partial charge in [-0.1, -0.05) is 33.6 Å². The molecule has 0 atom stereocenters. The molecule has 0 aliphatic carbocycles. The SMILES string of the molecule is CCC.CCCc1nc(C)[nH]c1C. The molecule has 1 N–H and O–H groups in total. The largest absolute Gasteiger partial charge is 0.346 e. The molecule has 0 saturated heterocycles. The third-order valence-corrected chi connectivity index (χ3v) is 1.59. The normalized spacial score (nSPS) is 9.31. The number of imidazole rings is 1. The van der Waals surface area contributed by atoms with Crippen molar-refractivity contribution < 1.29 is 0 Å². The first kappa shape index (κ1) is 12.2. The molecule has 1 heterocycles. The fourth-order valence-electron chi connectivity index (χ4n) is 1.14. The fraction of sp³-hybridized carbons (Fsp3) is 0.727. The predicted molar refractivity (Wildman–Crippen MR) is 58.0 cm³/mol. The molecule has 0 unspecified atom stereocenters. The Hall–Kier alpha value is -0.790. The van der Waals surface area contributed by atoms with Gasteiger partial charge in [0.2, 0.25) is 0 Å². The van der Waals surface area contributed by atoms with Crippen molar-refractivity contribution in [3.63, 3.8) is 0 Å². The smallest absolute Gasteiger partial charge is 0.103 e. The number of hydrogen-bond acceptors (Lipinski definition) is 1. The van der Waals surface area contributed by atoms with Crippen LogP contribution in [0, 0.1) is 13.8 Å². The molecule has 1 rings (SSSR count). The van der Waals surface area contributed by atoms with Crippen LogP contribution < -0.4 is 0 Å². The van der Waals surface area contributed by atoms with Crippen LogP contribution in [-0.4, -0.2) is 9.97 Å². The number of aryl methyl sites for hydroxylation is 3. The first-order valence-corrected chi connectivity index (χ1v) is 5.17. The van der Waals surface area contributed by atoms with Crippen LogP contribution in [0.4, 0.5) is 0 Å². The van der Waals surface area contributed by atoms with Gasteiger partial charge in [0.05, 0.1) is 5.69 Å². The highest BCUT2D eigenvalue weighted by molar-refractivity contribution is 5.12. The molecule has 13 heavy (non-hydrogen) atoms. The van der Waals surface area contributed by atoms with Crippen molar-refractivity contribution in [2.24, 2.45) is 0 Å². The summed E-state index contributed by atoms with van der Waals surface area (Å²) in [6.45, 7) is 10.5. The molecule has 0 aliphatic heterocycles. The molecule has 0 aromatic carbocycles. The second kappa shape index (κ2) is 6.70. The Morgan fingerprint density at radius 1 is 1.15 bits per heavy atom. The van der Waals surface area contributed by atoms with E-state index in [0.717, 1.165) is 12.2 Å². The maximum absolute atomic E-state index is 4.34. The van der Waals surface area contributed by atoms with Crippen LogP contribution in [0.3, 0.4) is 0 Å². The highest BCUT2D eigenvalue weighted by Gasteiger charge is 2.00. The quantitative estimate of drug-likeness (QED) is 0.746. The summed E-state index contributed by atoms with van der Waals surface area (Å²) in [6, 6.07) is 0. The molecular formula is C11H22N2. The Morgan fingerprint density at radius 2 is 1.69 bits per heavy atom. The number of hydrogen-bond donors (Lipinski definition) is 1. The van der Waals surface area contributed by atoms with E-state index in [1.807, 2.05) is 6.92 Å². The Balaban J connectivity index is 0.000000424. The lowest BCUT2D eigenvalue weighted by Gasteiger charge is -1.90. The fourth-order valence-corrected chi connectivity index (χ4v) is 1.14. The van der Waals surface area contributed by atoms with Crippen LogP contribution in [0.5, 0.6) is 0 Å². The second-order valence-electron chi connectivity index (χ2n) is 3.35. The molecule has 76 valence electrons. The summed E-state index contributed by atoms with van der Waals surface area (Å²) in [7, 11) is 0. The third kappa shape index (κ3) is 4.71. The van der Waals surface area contributed by atoms with Gasteiger partial charge >= 0.3 is 0 Å². The van der Waals surface area contributed by atoms with Gasteiger partial charge in [-0.25, -0.2) is 4.98 Å². The number of aromatic amines is 1. The van der Waals surface area contributed by atoms with Crippen LogP contribution in [0.25, 0.3) is 0 Å². The van der Waals surface area contributed by atoms with Crippen molar-refractivity contribution in [1.29, 1.82) is 0 Å². The first-order valence-electron chi connectivity index (χ1n) is 5.17. The van der Waals surface area contributed by atoms with Crippen molar-refractivity contribution in [3.05, 3.63) is 17.2 Å². The number of rotatable bonds is 2. The molecule has 0 bridgehead atoms. The van der Waals surface area contributed by atoms with Crippen molar-refractivity contribution in [2.75, 3.05) is 0 Å². The van der Waals surface area contributed by atoms with Crippen LogP contribution in [0.1, 0.15) is 50.8 Å². The standard InChI is InChI=1S/C8H14N2.C3H8/c1-4-5-8-6(2)9-7(3)10-8;1-3-2/h4-5H2,1-3H3,(H,9,10);3H2,1-2H3. The molecule has 0 aliphatic rings. The Labute approximate surface area is 81.8 Å². The number of nitrogens with one attached hydrogen (secondary N) is 1. The zero-order valence-corrected chi connectivity index (χ0v) is 9.57. The first-order chi connectivity index (χ1) is 6.15. The van der Waals surface area contributed by atoms with E-state index in [9.17, 15) is 0 Å². The van der Waals surface area contributed by atoms with Gasteiger partial charge in [-0.05, 0) is 20.3 Å².